The number of rotatable bonds is 6. The third kappa shape index (κ3) is 4.14. The SMILES string of the molecule is CN(C(=O)Cc1ccc2c(c1)OCCO2)C(Cc1ccccc1)C(=O)O. The summed E-state index contributed by atoms with van der Waals surface area (Å²) < 4.78 is 11.0. The zero-order chi connectivity index (χ0) is 18.5. The van der Waals surface area contributed by atoms with Crippen LogP contribution in [0.5, 0.6) is 11.5 Å². The molecule has 0 aromatic heterocycles. The molecule has 2 aromatic carbocycles. The summed E-state index contributed by atoms with van der Waals surface area (Å²) in [6, 6.07) is 13.7. The Morgan fingerprint density at radius 3 is 2.42 bits per heavy atom. The maximum atomic E-state index is 12.6. The summed E-state index contributed by atoms with van der Waals surface area (Å²) in [7, 11) is 1.53. The molecule has 6 nitrogen and oxygen atoms in total. The molecule has 0 saturated carbocycles. The molecule has 1 amide bonds. The molecule has 1 heterocycles. The Labute approximate surface area is 152 Å². The lowest BCUT2D eigenvalue weighted by Crippen LogP contribution is -2.44. The van der Waals surface area contributed by atoms with Crippen LogP contribution < -0.4 is 9.47 Å². The number of likely N-dealkylation sites (N-methyl/N-ethyl adjacent to an activating group) is 1. The van der Waals surface area contributed by atoms with Gasteiger partial charge in [-0.1, -0.05) is 36.4 Å². The topological polar surface area (TPSA) is 76.1 Å². The smallest absolute Gasteiger partial charge is 0.326 e. The monoisotopic (exact) mass is 355 g/mol. The Hall–Kier alpha value is -3.02. The van der Waals surface area contributed by atoms with Gasteiger partial charge in [-0.05, 0) is 23.3 Å². The van der Waals surface area contributed by atoms with Crippen molar-refractivity contribution < 1.29 is 24.2 Å². The van der Waals surface area contributed by atoms with Crippen molar-refractivity contribution in [3.8, 4) is 11.5 Å². The number of nitrogens with zero attached hydrogens (tertiary/aromatic N) is 1. The van der Waals surface area contributed by atoms with Crippen molar-refractivity contribution in [3.05, 3.63) is 59.7 Å². The van der Waals surface area contributed by atoms with E-state index < -0.39 is 12.0 Å². The van der Waals surface area contributed by atoms with Crippen LogP contribution in [0.15, 0.2) is 48.5 Å². The van der Waals surface area contributed by atoms with Gasteiger partial charge < -0.3 is 19.5 Å². The Kier molecular flexibility index (Phi) is 5.41. The van der Waals surface area contributed by atoms with E-state index in [1.807, 2.05) is 30.3 Å². The fourth-order valence-electron chi connectivity index (χ4n) is 2.90. The van der Waals surface area contributed by atoms with Crippen LogP contribution in [0, 0.1) is 0 Å². The largest absolute Gasteiger partial charge is 0.486 e. The standard InChI is InChI=1S/C20H21NO5/c1-21(16(20(23)24)11-14-5-3-2-4-6-14)19(22)13-15-7-8-17-18(12-15)26-10-9-25-17/h2-8,12,16H,9-11,13H2,1H3,(H,23,24). The van der Waals surface area contributed by atoms with Gasteiger partial charge in [0.1, 0.15) is 19.3 Å². The highest BCUT2D eigenvalue weighted by molar-refractivity contribution is 5.85. The van der Waals surface area contributed by atoms with Crippen molar-refractivity contribution >= 4 is 11.9 Å². The molecule has 0 aliphatic carbocycles. The normalized spacial score (nSPS) is 13.7. The van der Waals surface area contributed by atoms with Gasteiger partial charge >= 0.3 is 5.97 Å². The lowest BCUT2D eigenvalue weighted by atomic mass is 10.0. The van der Waals surface area contributed by atoms with Crippen LogP contribution in [0.2, 0.25) is 0 Å². The highest BCUT2D eigenvalue weighted by atomic mass is 16.6. The minimum Gasteiger partial charge on any atom is -0.486 e. The lowest BCUT2D eigenvalue weighted by Gasteiger charge is -2.25. The van der Waals surface area contributed by atoms with Crippen LogP contribution in [0.1, 0.15) is 11.1 Å². The van der Waals surface area contributed by atoms with Crippen molar-refractivity contribution in [1.29, 1.82) is 0 Å². The van der Waals surface area contributed by atoms with E-state index in [1.165, 1.54) is 11.9 Å². The number of carboxylic acids is 1. The van der Waals surface area contributed by atoms with E-state index in [9.17, 15) is 14.7 Å². The van der Waals surface area contributed by atoms with Crippen molar-refractivity contribution in [2.24, 2.45) is 0 Å². The van der Waals surface area contributed by atoms with Gasteiger partial charge in [-0.25, -0.2) is 4.79 Å². The molecule has 0 fully saturated rings. The summed E-state index contributed by atoms with van der Waals surface area (Å²) >= 11 is 0. The van der Waals surface area contributed by atoms with Crippen molar-refractivity contribution in [2.75, 3.05) is 20.3 Å². The molecule has 1 atom stereocenters. The Balaban J connectivity index is 1.70. The number of aliphatic carboxylic acids is 1. The first kappa shape index (κ1) is 17.8. The van der Waals surface area contributed by atoms with Gasteiger partial charge in [0, 0.05) is 13.5 Å². The second-order valence-electron chi connectivity index (χ2n) is 6.20. The van der Waals surface area contributed by atoms with E-state index >= 15 is 0 Å². The molecule has 136 valence electrons. The van der Waals surface area contributed by atoms with Crippen LogP contribution in [0.25, 0.3) is 0 Å². The highest BCUT2D eigenvalue weighted by Crippen LogP contribution is 2.31. The molecule has 0 spiro atoms. The van der Waals surface area contributed by atoms with Crippen LogP contribution in [0.4, 0.5) is 0 Å². The maximum Gasteiger partial charge on any atom is 0.326 e. The van der Waals surface area contributed by atoms with E-state index in [2.05, 4.69) is 0 Å². The summed E-state index contributed by atoms with van der Waals surface area (Å²) in [5, 5.41) is 9.55. The molecule has 1 aliphatic rings. The molecular weight excluding hydrogens is 334 g/mol. The molecule has 1 unspecified atom stereocenters. The van der Waals surface area contributed by atoms with Gasteiger partial charge in [0.05, 0.1) is 6.42 Å². The molecule has 26 heavy (non-hydrogen) atoms. The molecule has 3 rings (SSSR count). The summed E-state index contributed by atoms with van der Waals surface area (Å²) in [5.41, 5.74) is 1.63. The molecule has 0 radical (unpaired) electrons. The minimum atomic E-state index is -1.02. The molecule has 2 aromatic rings. The average molecular weight is 355 g/mol. The Bertz CT molecular complexity index is 790. The lowest BCUT2D eigenvalue weighted by molar-refractivity contribution is -0.148. The second-order valence-corrected chi connectivity index (χ2v) is 6.20. The number of hydrogen-bond donors (Lipinski definition) is 1. The fraction of sp³-hybridized carbons (Fsp3) is 0.300. The zero-order valence-electron chi connectivity index (χ0n) is 14.6. The number of carbonyl (C=O) groups is 2. The van der Waals surface area contributed by atoms with E-state index in [4.69, 9.17) is 9.47 Å². The number of carboxylic acid groups (broad SMARTS) is 1. The van der Waals surface area contributed by atoms with Gasteiger partial charge in [-0.15, -0.1) is 0 Å². The Morgan fingerprint density at radius 2 is 1.73 bits per heavy atom. The van der Waals surface area contributed by atoms with Crippen molar-refractivity contribution in [1.82, 2.24) is 4.90 Å². The summed E-state index contributed by atoms with van der Waals surface area (Å²) in [6.45, 7) is 0.982. The number of ether oxygens (including phenoxy) is 2. The van der Waals surface area contributed by atoms with Crippen molar-refractivity contribution in [3.63, 3.8) is 0 Å². The summed E-state index contributed by atoms with van der Waals surface area (Å²) in [4.78, 5) is 25.6. The van der Waals surface area contributed by atoms with Gasteiger partial charge in [0.25, 0.3) is 0 Å². The molecular formula is C20H21NO5. The number of fused-ring (bicyclic) bond motifs is 1. The first-order valence-corrected chi connectivity index (χ1v) is 8.45. The summed E-state index contributed by atoms with van der Waals surface area (Å²) in [5.74, 6) is -0.00606. The van der Waals surface area contributed by atoms with E-state index in [0.29, 0.717) is 24.7 Å². The fourth-order valence-corrected chi connectivity index (χ4v) is 2.90. The molecule has 1 N–H and O–H groups in total. The van der Waals surface area contributed by atoms with Crippen LogP contribution in [0.3, 0.4) is 0 Å². The van der Waals surface area contributed by atoms with Gasteiger partial charge in [-0.3, -0.25) is 4.79 Å². The third-order valence-electron chi connectivity index (χ3n) is 4.38. The van der Waals surface area contributed by atoms with Crippen molar-refractivity contribution in [2.45, 2.75) is 18.9 Å². The van der Waals surface area contributed by atoms with Gasteiger partial charge in [0.15, 0.2) is 11.5 Å². The van der Waals surface area contributed by atoms with Crippen LogP contribution in [-0.2, 0) is 22.4 Å². The minimum absolute atomic E-state index is 0.103. The number of benzene rings is 2. The molecule has 0 saturated heterocycles. The number of amides is 1. The average Bonchev–Trinajstić information content (AvgIpc) is 2.66. The first-order valence-electron chi connectivity index (χ1n) is 8.45. The Morgan fingerprint density at radius 1 is 1.04 bits per heavy atom. The third-order valence-corrected chi connectivity index (χ3v) is 4.38. The second kappa shape index (κ2) is 7.91. The van der Waals surface area contributed by atoms with Crippen LogP contribution >= 0.6 is 0 Å². The molecule has 6 heteroatoms. The van der Waals surface area contributed by atoms with Crippen LogP contribution in [-0.4, -0.2) is 48.2 Å². The maximum absolute atomic E-state index is 12.6. The summed E-state index contributed by atoms with van der Waals surface area (Å²) in [6.07, 6.45) is 0.366. The molecule has 1 aliphatic heterocycles. The van der Waals surface area contributed by atoms with Gasteiger partial charge in [0.2, 0.25) is 5.91 Å². The predicted molar refractivity (Wildman–Crippen MR) is 95.5 cm³/mol. The molecule has 0 bridgehead atoms. The zero-order valence-corrected chi connectivity index (χ0v) is 14.6. The first-order chi connectivity index (χ1) is 12.5. The van der Waals surface area contributed by atoms with E-state index in [-0.39, 0.29) is 18.7 Å². The number of carbonyl (C=O) groups excluding carboxylic acids is 1. The van der Waals surface area contributed by atoms with Gasteiger partial charge in [-0.2, -0.15) is 0 Å². The number of hydrogen-bond acceptors (Lipinski definition) is 4. The highest BCUT2D eigenvalue weighted by Gasteiger charge is 2.27. The van der Waals surface area contributed by atoms with E-state index in [0.717, 1.165) is 11.1 Å². The van der Waals surface area contributed by atoms with E-state index in [1.54, 1.807) is 18.2 Å². The quantitative estimate of drug-likeness (QED) is 0.859. The predicted octanol–water partition coefficient (Wildman–Crippen LogP) is 2.15.